The first-order valence-corrected chi connectivity index (χ1v) is 19.5. The van der Waals surface area contributed by atoms with Gasteiger partial charge in [-0.25, -0.2) is 0 Å². The Kier molecular flexibility index (Phi) is 19.7. The second-order valence-electron chi connectivity index (χ2n) is 10.1. The van der Waals surface area contributed by atoms with Crippen LogP contribution in [0.1, 0.15) is 75.3 Å². The third-order valence-corrected chi connectivity index (χ3v) is 11.5. The predicted octanol–water partition coefficient (Wildman–Crippen LogP) is 9.45. The SMILES string of the molecule is O=[N+]([O-])c1cc(CCCSCCCCCCSSCCCCCCSCCCc2ccc(O)c([N+](=O)[O-])c2)ccc1O. The van der Waals surface area contributed by atoms with Crippen LogP contribution in [0.3, 0.4) is 0 Å². The summed E-state index contributed by atoms with van der Waals surface area (Å²) in [4.78, 5) is 20.7. The van der Waals surface area contributed by atoms with Crippen molar-refractivity contribution in [2.45, 2.75) is 77.0 Å². The molecule has 0 saturated carbocycles. The molecule has 2 N–H and O–H groups in total. The molecule has 0 unspecified atom stereocenters. The molecule has 0 aromatic heterocycles. The van der Waals surface area contributed by atoms with E-state index >= 15 is 0 Å². The molecule has 0 aliphatic carbocycles. The van der Waals surface area contributed by atoms with E-state index in [1.54, 1.807) is 12.1 Å². The van der Waals surface area contributed by atoms with Gasteiger partial charge in [-0.1, -0.05) is 59.4 Å². The summed E-state index contributed by atoms with van der Waals surface area (Å²) in [6.45, 7) is 0. The van der Waals surface area contributed by atoms with Gasteiger partial charge in [0.2, 0.25) is 0 Å². The maximum atomic E-state index is 10.9. The largest absolute Gasteiger partial charge is 0.502 e. The van der Waals surface area contributed by atoms with Crippen LogP contribution in [0.2, 0.25) is 0 Å². The van der Waals surface area contributed by atoms with Crippen LogP contribution in [0.4, 0.5) is 11.4 Å². The molecule has 0 spiro atoms. The highest BCUT2D eigenvalue weighted by molar-refractivity contribution is 8.76. The van der Waals surface area contributed by atoms with Gasteiger partial charge >= 0.3 is 11.4 Å². The van der Waals surface area contributed by atoms with E-state index in [-0.39, 0.29) is 22.9 Å². The number of nitro benzene ring substituents is 2. The molecule has 0 bridgehead atoms. The standard InChI is InChI=1S/C30H44N2O6S4/c33-29-15-13-25(23-27(29)31(35)36)11-9-19-39-17-5-1-3-7-21-41-42-22-8-4-2-6-18-40-20-10-12-26-14-16-30(34)28(24-26)32(37)38/h13-16,23-24,33-34H,1-12,17-22H2. The molecule has 0 heterocycles. The number of aryl methyl sites for hydroxylation is 2. The molecule has 2 rings (SSSR count). The van der Waals surface area contributed by atoms with Crippen molar-refractivity contribution >= 4 is 56.5 Å². The molecule has 0 saturated heterocycles. The number of phenols is 2. The van der Waals surface area contributed by atoms with Crippen LogP contribution in [0.5, 0.6) is 11.5 Å². The van der Waals surface area contributed by atoms with Gasteiger partial charge in [0.05, 0.1) is 9.85 Å². The van der Waals surface area contributed by atoms with Crippen LogP contribution in [-0.2, 0) is 12.8 Å². The molecule has 2 aromatic carbocycles. The second kappa shape index (κ2) is 22.7. The minimum absolute atomic E-state index is 0.213. The third kappa shape index (κ3) is 16.2. The van der Waals surface area contributed by atoms with Crippen LogP contribution in [0.25, 0.3) is 0 Å². The Morgan fingerprint density at radius 1 is 0.524 bits per heavy atom. The molecular formula is C30H44N2O6S4. The quantitative estimate of drug-likeness (QED) is 0.0462. The number of unbranched alkanes of at least 4 members (excludes halogenated alkanes) is 6. The van der Waals surface area contributed by atoms with Crippen LogP contribution < -0.4 is 0 Å². The molecule has 12 heteroatoms. The average molecular weight is 657 g/mol. The lowest BCUT2D eigenvalue weighted by Crippen LogP contribution is -1.93. The Labute approximate surface area is 266 Å². The highest BCUT2D eigenvalue weighted by Crippen LogP contribution is 2.28. The van der Waals surface area contributed by atoms with Crippen molar-refractivity contribution in [3.05, 3.63) is 67.8 Å². The Morgan fingerprint density at radius 2 is 0.881 bits per heavy atom. The van der Waals surface area contributed by atoms with Crippen LogP contribution in [-0.4, -0.2) is 54.6 Å². The molecule has 0 radical (unpaired) electrons. The van der Waals surface area contributed by atoms with Crippen molar-refractivity contribution in [3.8, 4) is 11.5 Å². The number of benzene rings is 2. The Balaban J connectivity index is 1.28. The molecule has 0 aliphatic rings. The van der Waals surface area contributed by atoms with Crippen molar-refractivity contribution in [1.82, 2.24) is 0 Å². The van der Waals surface area contributed by atoms with Gasteiger partial charge in [0.25, 0.3) is 0 Å². The predicted molar refractivity (Wildman–Crippen MR) is 183 cm³/mol. The number of aromatic hydroxyl groups is 2. The van der Waals surface area contributed by atoms with E-state index in [0.29, 0.717) is 0 Å². The number of nitro groups is 2. The van der Waals surface area contributed by atoms with Gasteiger partial charge in [0.15, 0.2) is 11.5 Å². The fraction of sp³-hybridized carbons (Fsp3) is 0.600. The van der Waals surface area contributed by atoms with Gasteiger partial charge in [-0.05, 0) is 97.6 Å². The number of hydrogen-bond donors (Lipinski definition) is 2. The number of phenolic OH excluding ortho intramolecular Hbond substituents is 2. The van der Waals surface area contributed by atoms with Crippen LogP contribution in [0, 0.1) is 20.2 Å². The third-order valence-electron chi connectivity index (χ3n) is 6.60. The summed E-state index contributed by atoms with van der Waals surface area (Å²) in [5.41, 5.74) is 1.38. The van der Waals surface area contributed by atoms with E-state index in [9.17, 15) is 30.4 Å². The highest BCUT2D eigenvalue weighted by atomic mass is 33.1. The average Bonchev–Trinajstić information content (AvgIpc) is 2.97. The molecule has 0 aliphatic heterocycles. The molecule has 0 fully saturated rings. The molecule has 0 amide bonds. The lowest BCUT2D eigenvalue weighted by atomic mass is 10.1. The van der Waals surface area contributed by atoms with Crippen molar-refractivity contribution in [1.29, 1.82) is 0 Å². The van der Waals surface area contributed by atoms with Gasteiger partial charge in [-0.3, -0.25) is 20.2 Å². The van der Waals surface area contributed by atoms with Gasteiger partial charge in [-0.15, -0.1) is 0 Å². The fourth-order valence-electron chi connectivity index (χ4n) is 4.26. The first-order chi connectivity index (χ1) is 20.4. The lowest BCUT2D eigenvalue weighted by molar-refractivity contribution is -0.386. The maximum Gasteiger partial charge on any atom is 0.310 e. The van der Waals surface area contributed by atoms with Gasteiger partial charge in [-0.2, -0.15) is 23.5 Å². The maximum absolute atomic E-state index is 10.9. The Bertz CT molecular complexity index is 993. The zero-order chi connectivity index (χ0) is 30.4. The molecule has 42 heavy (non-hydrogen) atoms. The molecular weight excluding hydrogens is 613 g/mol. The summed E-state index contributed by atoms with van der Waals surface area (Å²) in [7, 11) is 4.01. The summed E-state index contributed by atoms with van der Waals surface area (Å²) < 4.78 is 0. The summed E-state index contributed by atoms with van der Waals surface area (Å²) in [5.74, 6) is 6.35. The van der Waals surface area contributed by atoms with Crippen molar-refractivity contribution in [3.63, 3.8) is 0 Å². The number of nitrogens with zero attached hydrogens (tertiary/aromatic N) is 2. The van der Waals surface area contributed by atoms with E-state index in [1.165, 1.54) is 98.6 Å². The van der Waals surface area contributed by atoms with E-state index in [2.05, 4.69) is 0 Å². The monoisotopic (exact) mass is 656 g/mol. The molecule has 2 aromatic rings. The van der Waals surface area contributed by atoms with Crippen molar-refractivity contribution in [2.75, 3.05) is 34.5 Å². The smallest absolute Gasteiger partial charge is 0.310 e. The summed E-state index contributed by atoms with van der Waals surface area (Å²) >= 11 is 3.91. The van der Waals surface area contributed by atoms with Crippen LogP contribution in [0.15, 0.2) is 36.4 Å². The van der Waals surface area contributed by atoms with E-state index < -0.39 is 9.85 Å². The van der Waals surface area contributed by atoms with E-state index in [1.807, 2.05) is 45.1 Å². The van der Waals surface area contributed by atoms with Crippen LogP contribution >= 0.6 is 45.1 Å². The molecule has 0 atom stereocenters. The summed E-state index contributed by atoms with van der Waals surface area (Å²) in [6.07, 6.45) is 13.7. The van der Waals surface area contributed by atoms with Crippen molar-refractivity contribution < 1.29 is 20.1 Å². The minimum atomic E-state index is -0.539. The van der Waals surface area contributed by atoms with E-state index in [4.69, 9.17) is 0 Å². The van der Waals surface area contributed by atoms with Gasteiger partial charge in [0, 0.05) is 23.6 Å². The van der Waals surface area contributed by atoms with Gasteiger partial charge < -0.3 is 10.2 Å². The number of thioether (sulfide) groups is 2. The molecule has 234 valence electrons. The topological polar surface area (TPSA) is 127 Å². The lowest BCUT2D eigenvalue weighted by Gasteiger charge is -2.05. The fourth-order valence-corrected chi connectivity index (χ4v) is 8.47. The zero-order valence-corrected chi connectivity index (χ0v) is 27.5. The van der Waals surface area contributed by atoms with Crippen molar-refractivity contribution in [2.24, 2.45) is 0 Å². The second-order valence-corrected chi connectivity index (χ2v) is 15.2. The zero-order valence-electron chi connectivity index (χ0n) is 24.2. The highest BCUT2D eigenvalue weighted by Gasteiger charge is 2.14. The number of rotatable bonds is 25. The normalized spacial score (nSPS) is 11.1. The first-order valence-electron chi connectivity index (χ1n) is 14.7. The van der Waals surface area contributed by atoms with Gasteiger partial charge in [0.1, 0.15) is 0 Å². The van der Waals surface area contributed by atoms with E-state index in [0.717, 1.165) is 48.3 Å². The molecule has 8 nitrogen and oxygen atoms in total. The summed E-state index contributed by atoms with van der Waals surface area (Å²) in [6, 6.07) is 9.30. The first kappa shape index (κ1) is 36.4. The number of hydrogen-bond acceptors (Lipinski definition) is 10. The Hall–Kier alpha value is -1.76. The summed E-state index contributed by atoms with van der Waals surface area (Å²) in [5, 5.41) is 40.9. The Morgan fingerprint density at radius 3 is 1.26 bits per heavy atom. The minimum Gasteiger partial charge on any atom is -0.502 e.